The Morgan fingerprint density at radius 3 is 2.79 bits per heavy atom. The minimum Gasteiger partial charge on any atom is -0.320 e. The molecule has 0 radical (unpaired) electrons. The van der Waals surface area contributed by atoms with E-state index in [1.165, 1.54) is 22.3 Å². The van der Waals surface area contributed by atoms with Crippen LogP contribution in [0.2, 0.25) is 0 Å². The molecule has 0 saturated heterocycles. The van der Waals surface area contributed by atoms with Crippen molar-refractivity contribution in [3.63, 3.8) is 0 Å². The van der Waals surface area contributed by atoms with Crippen molar-refractivity contribution in [2.75, 3.05) is 0 Å². The Morgan fingerprint density at radius 1 is 1.07 bits per heavy atom. The molecule has 0 heterocycles. The van der Waals surface area contributed by atoms with Gasteiger partial charge in [-0.25, -0.2) is 0 Å². The summed E-state index contributed by atoms with van der Waals surface area (Å²) in [5.74, 6) is 0. The average Bonchev–Trinajstić information content (AvgIpc) is 2.55. The van der Waals surface area contributed by atoms with Gasteiger partial charge in [-0.2, -0.15) is 0 Å². The Bertz CT molecular complexity index is 440. The predicted octanol–water partition coefficient (Wildman–Crippen LogP) is 2.80. The van der Waals surface area contributed by atoms with Crippen LogP contribution in [0.5, 0.6) is 0 Å². The molecule has 0 saturated carbocycles. The maximum Gasteiger partial charge on any atom is 0.0560 e. The van der Waals surface area contributed by atoms with Crippen LogP contribution in [0.1, 0.15) is 30.0 Å². The fourth-order valence-electron chi connectivity index (χ4n) is 2.44. The number of allylic oxidation sites excluding steroid dienone is 2. The second-order valence-electron chi connectivity index (χ2n) is 3.92. The molecule has 0 amide bonds. The number of rotatable bonds is 0. The van der Waals surface area contributed by atoms with E-state index in [-0.39, 0.29) is 6.04 Å². The lowest BCUT2D eigenvalue weighted by atomic mass is 9.97. The van der Waals surface area contributed by atoms with E-state index in [1.807, 2.05) is 0 Å². The summed E-state index contributed by atoms with van der Waals surface area (Å²) in [5.41, 5.74) is 11.5. The van der Waals surface area contributed by atoms with Crippen LogP contribution in [0.15, 0.2) is 42.0 Å². The van der Waals surface area contributed by atoms with Crippen LogP contribution in [-0.2, 0) is 0 Å². The van der Waals surface area contributed by atoms with Gasteiger partial charge in [-0.3, -0.25) is 0 Å². The van der Waals surface area contributed by atoms with E-state index >= 15 is 0 Å². The molecule has 0 bridgehead atoms. The maximum absolute atomic E-state index is 6.19. The molecule has 1 heteroatoms. The summed E-state index contributed by atoms with van der Waals surface area (Å²) in [6.45, 7) is 0. The Balaban J connectivity index is 2.26. The van der Waals surface area contributed by atoms with Gasteiger partial charge in [0.15, 0.2) is 0 Å². The van der Waals surface area contributed by atoms with Gasteiger partial charge in [0.1, 0.15) is 0 Å². The van der Waals surface area contributed by atoms with Gasteiger partial charge in [0.2, 0.25) is 0 Å². The first kappa shape index (κ1) is 8.01. The number of nitrogens with two attached hydrogens (primary N) is 1. The van der Waals surface area contributed by atoms with E-state index in [4.69, 9.17) is 5.73 Å². The van der Waals surface area contributed by atoms with Gasteiger partial charge in [0, 0.05) is 0 Å². The molecule has 1 nitrogen and oxygen atoms in total. The first-order valence-corrected chi connectivity index (χ1v) is 5.13. The quantitative estimate of drug-likeness (QED) is 0.657. The summed E-state index contributed by atoms with van der Waals surface area (Å²) in [5, 5.41) is 0. The summed E-state index contributed by atoms with van der Waals surface area (Å²) in [6, 6.07) is 8.58. The highest BCUT2D eigenvalue weighted by Gasteiger charge is 2.28. The molecular formula is C13H13N. The van der Waals surface area contributed by atoms with Gasteiger partial charge in [-0.1, -0.05) is 36.4 Å². The molecule has 1 unspecified atom stereocenters. The smallest absolute Gasteiger partial charge is 0.0560 e. The predicted molar refractivity (Wildman–Crippen MR) is 58.7 cm³/mol. The zero-order chi connectivity index (χ0) is 9.54. The third-order valence-corrected chi connectivity index (χ3v) is 3.11. The van der Waals surface area contributed by atoms with Crippen LogP contribution in [-0.4, -0.2) is 0 Å². The minimum atomic E-state index is 0.109. The van der Waals surface area contributed by atoms with Crippen molar-refractivity contribution in [2.45, 2.75) is 18.9 Å². The molecule has 0 aliphatic heterocycles. The van der Waals surface area contributed by atoms with Gasteiger partial charge in [-0.15, -0.1) is 0 Å². The number of fused-ring (bicyclic) bond motifs is 3. The van der Waals surface area contributed by atoms with E-state index in [1.54, 1.807) is 0 Å². The van der Waals surface area contributed by atoms with Crippen LogP contribution in [0.3, 0.4) is 0 Å². The third-order valence-electron chi connectivity index (χ3n) is 3.11. The first-order valence-electron chi connectivity index (χ1n) is 5.13. The van der Waals surface area contributed by atoms with Crippen LogP contribution in [0.4, 0.5) is 0 Å². The molecule has 1 atom stereocenters. The number of hydrogen-bond acceptors (Lipinski definition) is 1. The molecule has 0 aromatic heterocycles. The van der Waals surface area contributed by atoms with Crippen molar-refractivity contribution in [1.29, 1.82) is 0 Å². The van der Waals surface area contributed by atoms with Gasteiger partial charge in [0.25, 0.3) is 0 Å². The van der Waals surface area contributed by atoms with Crippen LogP contribution in [0.25, 0.3) is 5.57 Å². The SMILES string of the molecule is NC1C2=CCCC=C2c2ccccc21. The molecule has 2 aliphatic carbocycles. The zero-order valence-electron chi connectivity index (χ0n) is 8.03. The van der Waals surface area contributed by atoms with Crippen LogP contribution < -0.4 is 5.73 Å². The number of hydrogen-bond donors (Lipinski definition) is 1. The zero-order valence-corrected chi connectivity index (χ0v) is 8.03. The Kier molecular flexibility index (Phi) is 1.62. The third kappa shape index (κ3) is 0.933. The van der Waals surface area contributed by atoms with E-state index < -0.39 is 0 Å². The molecule has 14 heavy (non-hydrogen) atoms. The summed E-state index contributed by atoms with van der Waals surface area (Å²) in [6.07, 6.45) is 6.90. The second-order valence-corrected chi connectivity index (χ2v) is 3.92. The molecule has 2 aliphatic rings. The molecule has 1 aromatic rings. The van der Waals surface area contributed by atoms with Crippen molar-refractivity contribution < 1.29 is 0 Å². The van der Waals surface area contributed by atoms with Crippen LogP contribution in [0, 0.1) is 0 Å². The highest BCUT2D eigenvalue weighted by atomic mass is 14.7. The molecule has 0 spiro atoms. The normalized spacial score (nSPS) is 23.6. The van der Waals surface area contributed by atoms with Crippen molar-refractivity contribution in [2.24, 2.45) is 5.73 Å². The molecular weight excluding hydrogens is 170 g/mol. The van der Waals surface area contributed by atoms with Gasteiger partial charge in [-0.05, 0) is 35.1 Å². The molecule has 2 N–H and O–H groups in total. The molecule has 3 rings (SSSR count). The highest BCUT2D eigenvalue weighted by molar-refractivity contribution is 5.88. The maximum atomic E-state index is 6.19. The summed E-state index contributed by atoms with van der Waals surface area (Å²) < 4.78 is 0. The lowest BCUT2D eigenvalue weighted by Gasteiger charge is -2.11. The Hall–Kier alpha value is -1.34. The van der Waals surface area contributed by atoms with Gasteiger partial charge < -0.3 is 5.73 Å². The Morgan fingerprint density at radius 2 is 1.86 bits per heavy atom. The number of benzene rings is 1. The summed E-state index contributed by atoms with van der Waals surface area (Å²) >= 11 is 0. The average molecular weight is 183 g/mol. The summed E-state index contributed by atoms with van der Waals surface area (Å²) in [7, 11) is 0. The fourth-order valence-corrected chi connectivity index (χ4v) is 2.44. The van der Waals surface area contributed by atoms with Gasteiger partial charge in [0.05, 0.1) is 6.04 Å². The van der Waals surface area contributed by atoms with E-state index in [0.29, 0.717) is 0 Å². The van der Waals surface area contributed by atoms with Crippen molar-refractivity contribution >= 4 is 5.57 Å². The van der Waals surface area contributed by atoms with Crippen molar-refractivity contribution in [1.82, 2.24) is 0 Å². The fraction of sp³-hybridized carbons (Fsp3) is 0.231. The standard InChI is InChI=1S/C13H13N/c14-13-11-7-3-1-5-9(11)10-6-2-4-8-12(10)13/h1,3,5-8,13H,2,4,14H2. The largest absolute Gasteiger partial charge is 0.320 e. The van der Waals surface area contributed by atoms with Crippen LogP contribution >= 0.6 is 0 Å². The minimum absolute atomic E-state index is 0.109. The lowest BCUT2D eigenvalue weighted by Crippen LogP contribution is -2.08. The second kappa shape index (κ2) is 2.82. The molecule has 0 fully saturated rings. The van der Waals surface area contributed by atoms with Crippen molar-refractivity contribution in [3.8, 4) is 0 Å². The monoisotopic (exact) mass is 183 g/mol. The topological polar surface area (TPSA) is 26.0 Å². The molecule has 70 valence electrons. The summed E-state index contributed by atoms with van der Waals surface area (Å²) in [4.78, 5) is 0. The Labute approximate surface area is 83.9 Å². The van der Waals surface area contributed by atoms with E-state index in [0.717, 1.165) is 12.8 Å². The van der Waals surface area contributed by atoms with Gasteiger partial charge >= 0.3 is 0 Å². The highest BCUT2D eigenvalue weighted by Crippen LogP contribution is 2.44. The first-order chi connectivity index (χ1) is 6.88. The van der Waals surface area contributed by atoms with E-state index in [9.17, 15) is 0 Å². The van der Waals surface area contributed by atoms with Crippen molar-refractivity contribution in [3.05, 3.63) is 53.1 Å². The lowest BCUT2D eigenvalue weighted by molar-refractivity contribution is 0.879. The van der Waals surface area contributed by atoms with E-state index in [2.05, 4.69) is 36.4 Å². The molecule has 1 aromatic carbocycles.